The molecule has 0 saturated carbocycles. The number of amides is 2. The zero-order chi connectivity index (χ0) is 20.9. The molecule has 6 heteroatoms. The van der Waals surface area contributed by atoms with Gasteiger partial charge in [-0.05, 0) is 68.6 Å². The highest BCUT2D eigenvalue weighted by atomic mass is 16.2. The third kappa shape index (κ3) is 4.71. The Morgan fingerprint density at radius 3 is 2.50 bits per heavy atom. The lowest BCUT2D eigenvalue weighted by Gasteiger charge is -2.27. The summed E-state index contributed by atoms with van der Waals surface area (Å²) in [7, 11) is 0. The van der Waals surface area contributed by atoms with Gasteiger partial charge in [-0.25, -0.2) is 0 Å². The van der Waals surface area contributed by atoms with Crippen molar-refractivity contribution in [3.05, 3.63) is 65.7 Å². The fourth-order valence-electron chi connectivity index (χ4n) is 4.69. The third-order valence-corrected chi connectivity index (χ3v) is 6.14. The minimum atomic E-state index is -0.282. The van der Waals surface area contributed by atoms with Crippen molar-refractivity contribution in [1.82, 2.24) is 9.80 Å². The molecule has 2 heterocycles. The summed E-state index contributed by atoms with van der Waals surface area (Å²) in [6.45, 7) is 3.41. The second kappa shape index (κ2) is 9.41. The zero-order valence-electron chi connectivity index (χ0n) is 17.3. The van der Waals surface area contributed by atoms with Gasteiger partial charge in [0.2, 0.25) is 11.8 Å². The minimum Gasteiger partial charge on any atom is -0.368 e. The largest absolute Gasteiger partial charge is 0.368 e. The number of rotatable bonds is 7. The van der Waals surface area contributed by atoms with Crippen LogP contribution in [0.1, 0.15) is 42.9 Å². The van der Waals surface area contributed by atoms with Gasteiger partial charge in [0, 0.05) is 12.2 Å². The van der Waals surface area contributed by atoms with E-state index in [2.05, 4.69) is 15.1 Å². The summed E-state index contributed by atoms with van der Waals surface area (Å²) in [6, 6.07) is 17.4. The van der Waals surface area contributed by atoms with Gasteiger partial charge >= 0.3 is 0 Å². The van der Waals surface area contributed by atoms with Crippen molar-refractivity contribution in [2.45, 2.75) is 44.3 Å². The topological polar surface area (TPSA) is 78.7 Å². The third-order valence-electron chi connectivity index (χ3n) is 6.14. The molecule has 2 saturated heterocycles. The highest BCUT2D eigenvalue weighted by Crippen LogP contribution is 2.27. The summed E-state index contributed by atoms with van der Waals surface area (Å²) in [4.78, 5) is 29.3. The van der Waals surface area contributed by atoms with Gasteiger partial charge in [-0.1, -0.05) is 42.5 Å². The lowest BCUT2D eigenvalue weighted by Crippen LogP contribution is -2.39. The Hall–Kier alpha value is -2.70. The van der Waals surface area contributed by atoms with Gasteiger partial charge in [-0.15, -0.1) is 0 Å². The molecule has 158 valence electrons. The van der Waals surface area contributed by atoms with Crippen LogP contribution in [0.5, 0.6) is 0 Å². The molecule has 0 aliphatic carbocycles. The molecule has 30 heavy (non-hydrogen) atoms. The molecule has 2 unspecified atom stereocenters. The number of hydrogen-bond donors (Lipinski definition) is 2. The van der Waals surface area contributed by atoms with Crippen LogP contribution in [0, 0.1) is 0 Å². The zero-order valence-corrected chi connectivity index (χ0v) is 17.3. The number of carbonyl (C=O) groups excluding carboxylic acids is 2. The standard InChI is InChI=1S/C24H30N4O2/c25-23(29)21-12-7-15-28(21)17-18-8-6-11-20(16-18)26-24(30)22(27-13-4-5-14-27)19-9-2-1-3-10-19/h1-3,6,8-11,16,21-22H,4-5,7,12-15,17H2,(H2,25,29)(H,26,30). The molecule has 0 radical (unpaired) electrons. The van der Waals surface area contributed by atoms with E-state index in [0.717, 1.165) is 62.1 Å². The van der Waals surface area contributed by atoms with Crippen LogP contribution < -0.4 is 11.1 Å². The number of primary amides is 1. The molecule has 2 aromatic carbocycles. The monoisotopic (exact) mass is 406 g/mol. The maximum Gasteiger partial charge on any atom is 0.246 e. The Morgan fingerprint density at radius 2 is 1.77 bits per heavy atom. The van der Waals surface area contributed by atoms with Crippen molar-refractivity contribution >= 4 is 17.5 Å². The molecular formula is C24H30N4O2. The molecule has 4 rings (SSSR count). The number of carbonyl (C=O) groups is 2. The molecule has 6 nitrogen and oxygen atoms in total. The van der Waals surface area contributed by atoms with Gasteiger partial charge in [0.05, 0.1) is 6.04 Å². The van der Waals surface area contributed by atoms with Crippen LogP contribution in [0.4, 0.5) is 5.69 Å². The van der Waals surface area contributed by atoms with Gasteiger partial charge in [0.25, 0.3) is 0 Å². The molecule has 2 aliphatic heterocycles. The van der Waals surface area contributed by atoms with Crippen LogP contribution in [0.15, 0.2) is 54.6 Å². The maximum absolute atomic E-state index is 13.3. The normalized spacial score (nSPS) is 20.9. The fourth-order valence-corrected chi connectivity index (χ4v) is 4.69. The first-order chi connectivity index (χ1) is 14.6. The summed E-state index contributed by atoms with van der Waals surface area (Å²) in [5.74, 6) is -0.260. The Labute approximate surface area is 178 Å². The molecule has 3 N–H and O–H groups in total. The second-order valence-electron chi connectivity index (χ2n) is 8.28. The van der Waals surface area contributed by atoms with Gasteiger partial charge in [-0.3, -0.25) is 19.4 Å². The number of nitrogens with two attached hydrogens (primary N) is 1. The van der Waals surface area contributed by atoms with Crippen molar-refractivity contribution in [1.29, 1.82) is 0 Å². The lowest BCUT2D eigenvalue weighted by atomic mass is 10.0. The summed E-state index contributed by atoms with van der Waals surface area (Å²) in [6.07, 6.45) is 4.06. The first-order valence-corrected chi connectivity index (χ1v) is 10.8. The first-order valence-electron chi connectivity index (χ1n) is 10.8. The summed E-state index contributed by atoms with van der Waals surface area (Å²) < 4.78 is 0. The number of hydrogen-bond acceptors (Lipinski definition) is 4. The molecule has 2 atom stereocenters. The van der Waals surface area contributed by atoms with Crippen LogP contribution in [0.3, 0.4) is 0 Å². The number of benzene rings is 2. The summed E-state index contributed by atoms with van der Waals surface area (Å²) in [5.41, 5.74) is 8.42. The average Bonchev–Trinajstić information content (AvgIpc) is 3.42. The molecule has 2 amide bonds. The van der Waals surface area contributed by atoms with Crippen LogP contribution in [-0.4, -0.2) is 47.3 Å². The number of nitrogens with one attached hydrogen (secondary N) is 1. The van der Waals surface area contributed by atoms with Gasteiger partial charge in [0.15, 0.2) is 0 Å². The van der Waals surface area contributed by atoms with E-state index in [-0.39, 0.29) is 23.9 Å². The Balaban J connectivity index is 1.48. The minimum absolute atomic E-state index is 0.00330. The first kappa shape index (κ1) is 20.6. The molecule has 2 fully saturated rings. The van der Waals surface area contributed by atoms with Gasteiger partial charge in [-0.2, -0.15) is 0 Å². The Bertz CT molecular complexity index is 880. The van der Waals surface area contributed by atoms with E-state index >= 15 is 0 Å². The predicted molar refractivity (Wildman–Crippen MR) is 118 cm³/mol. The van der Waals surface area contributed by atoms with E-state index in [1.807, 2.05) is 54.6 Å². The molecule has 2 aromatic rings. The van der Waals surface area contributed by atoms with Gasteiger partial charge in [0.1, 0.15) is 6.04 Å². The van der Waals surface area contributed by atoms with Crippen molar-refractivity contribution in [3.63, 3.8) is 0 Å². The molecular weight excluding hydrogens is 376 g/mol. The smallest absolute Gasteiger partial charge is 0.246 e. The van der Waals surface area contributed by atoms with E-state index in [1.165, 1.54) is 0 Å². The Kier molecular flexibility index (Phi) is 6.45. The molecule has 0 aromatic heterocycles. The van der Waals surface area contributed by atoms with E-state index in [1.54, 1.807) is 0 Å². The maximum atomic E-state index is 13.3. The number of anilines is 1. The van der Waals surface area contributed by atoms with E-state index < -0.39 is 0 Å². The predicted octanol–water partition coefficient (Wildman–Crippen LogP) is 2.91. The van der Waals surface area contributed by atoms with Crippen LogP contribution in [0.2, 0.25) is 0 Å². The summed E-state index contributed by atoms with van der Waals surface area (Å²) in [5, 5.41) is 3.13. The van der Waals surface area contributed by atoms with E-state index in [0.29, 0.717) is 6.54 Å². The Morgan fingerprint density at radius 1 is 1.00 bits per heavy atom. The van der Waals surface area contributed by atoms with E-state index in [9.17, 15) is 9.59 Å². The van der Waals surface area contributed by atoms with E-state index in [4.69, 9.17) is 5.73 Å². The highest BCUT2D eigenvalue weighted by Gasteiger charge is 2.30. The molecule has 0 spiro atoms. The van der Waals surface area contributed by atoms with Crippen molar-refractivity contribution in [2.75, 3.05) is 25.0 Å². The number of nitrogens with zero attached hydrogens (tertiary/aromatic N) is 2. The molecule has 2 aliphatic rings. The van der Waals surface area contributed by atoms with Crippen molar-refractivity contribution in [3.8, 4) is 0 Å². The lowest BCUT2D eigenvalue weighted by molar-refractivity contribution is -0.122. The van der Waals surface area contributed by atoms with Crippen LogP contribution in [-0.2, 0) is 16.1 Å². The number of likely N-dealkylation sites (tertiary alicyclic amines) is 2. The van der Waals surface area contributed by atoms with Gasteiger partial charge < -0.3 is 11.1 Å². The quantitative estimate of drug-likeness (QED) is 0.741. The van der Waals surface area contributed by atoms with Crippen molar-refractivity contribution in [2.24, 2.45) is 5.73 Å². The SMILES string of the molecule is NC(=O)C1CCCN1Cc1cccc(NC(=O)C(c2ccccc2)N2CCCC2)c1. The summed E-state index contributed by atoms with van der Waals surface area (Å²) >= 11 is 0. The molecule has 0 bridgehead atoms. The average molecular weight is 407 g/mol. The van der Waals surface area contributed by atoms with Crippen LogP contribution in [0.25, 0.3) is 0 Å². The van der Waals surface area contributed by atoms with Crippen LogP contribution >= 0.6 is 0 Å². The highest BCUT2D eigenvalue weighted by molar-refractivity contribution is 5.95. The van der Waals surface area contributed by atoms with Crippen molar-refractivity contribution < 1.29 is 9.59 Å². The fraction of sp³-hybridized carbons (Fsp3) is 0.417. The second-order valence-corrected chi connectivity index (χ2v) is 8.28.